The summed E-state index contributed by atoms with van der Waals surface area (Å²) in [4.78, 5) is 6.24. The van der Waals surface area contributed by atoms with E-state index in [2.05, 4.69) is 37.5 Å². The van der Waals surface area contributed by atoms with Gasteiger partial charge in [0.2, 0.25) is 0 Å². The average Bonchev–Trinajstić information content (AvgIpc) is 3.46. The molecule has 4 heterocycles. The zero-order valence-corrected chi connectivity index (χ0v) is 20.2. The van der Waals surface area contributed by atoms with Crippen molar-refractivity contribution in [2.24, 2.45) is 0 Å². The van der Waals surface area contributed by atoms with Crippen LogP contribution in [0.25, 0.3) is 0 Å². The summed E-state index contributed by atoms with van der Waals surface area (Å²) in [5, 5.41) is 0. The number of fused-ring (bicyclic) bond motifs is 2. The average molecular weight is 407 g/mol. The Morgan fingerprint density at radius 3 is 1.97 bits per heavy atom. The van der Waals surface area contributed by atoms with E-state index in [1.165, 1.54) is 126 Å². The zero-order valence-electron chi connectivity index (χ0n) is 20.2. The molecule has 0 N–H and O–H groups in total. The largest absolute Gasteiger partial charge is 0.357 e. The van der Waals surface area contributed by atoms with Gasteiger partial charge in [-0.1, -0.05) is 40.5 Å². The molecule has 0 amide bonds. The molecule has 29 heavy (non-hydrogen) atoms. The predicted octanol–water partition coefficient (Wildman–Crippen LogP) is 4.61. The number of nitrogens with zero attached hydrogens (tertiary/aromatic N) is 4. The monoisotopic (exact) mass is 406 g/mol. The number of hydrogen-bond acceptors (Lipinski definition) is 2. The predicted molar refractivity (Wildman–Crippen MR) is 122 cm³/mol. The van der Waals surface area contributed by atoms with Crippen molar-refractivity contribution in [2.75, 3.05) is 52.4 Å². The van der Waals surface area contributed by atoms with E-state index in [9.17, 15) is 0 Å². The van der Waals surface area contributed by atoms with Crippen LogP contribution in [-0.4, -0.2) is 89.1 Å². The standard InChI is InChI=1S/C25H50N4/c1-5-13-23-22-28(17-9-10-18-28)25(27(23)16-8-4)26(15-7-3)21-24(14-6-2)29(25)19-11-12-20-29/h23-24H,5-22H2,1-4H3/q+2. The van der Waals surface area contributed by atoms with Gasteiger partial charge in [-0.3, -0.25) is 0 Å². The van der Waals surface area contributed by atoms with Crippen molar-refractivity contribution in [3.8, 4) is 0 Å². The SMILES string of the molecule is CCCC1C[N+]2(CCCC2)C2(N(CCC)CC(CCC)[N+]23CCCC3)N1CCC. The Morgan fingerprint density at radius 2 is 1.38 bits per heavy atom. The van der Waals surface area contributed by atoms with Gasteiger partial charge < -0.3 is 0 Å². The lowest BCUT2D eigenvalue weighted by atomic mass is 10.1. The van der Waals surface area contributed by atoms with Crippen LogP contribution in [0.3, 0.4) is 0 Å². The molecule has 3 unspecified atom stereocenters. The molecule has 0 aliphatic carbocycles. The molecule has 4 nitrogen and oxygen atoms in total. The Kier molecular flexibility index (Phi) is 6.66. The Morgan fingerprint density at radius 1 is 0.759 bits per heavy atom. The highest BCUT2D eigenvalue weighted by atomic mass is 15.9. The van der Waals surface area contributed by atoms with E-state index >= 15 is 0 Å². The van der Waals surface area contributed by atoms with Gasteiger partial charge in [-0.2, -0.15) is 9.80 Å². The fourth-order valence-electron chi connectivity index (χ4n) is 8.69. The van der Waals surface area contributed by atoms with Crippen LogP contribution < -0.4 is 0 Å². The molecule has 4 heteroatoms. The summed E-state index contributed by atoms with van der Waals surface area (Å²) in [6.07, 6.45) is 14.0. The van der Waals surface area contributed by atoms with Crippen LogP contribution in [0.5, 0.6) is 0 Å². The fourth-order valence-corrected chi connectivity index (χ4v) is 8.69. The molecular formula is C25H50N4+2. The third-order valence-corrected chi connectivity index (χ3v) is 9.16. The second-order valence-corrected chi connectivity index (χ2v) is 10.8. The second kappa shape index (κ2) is 8.76. The Hall–Kier alpha value is -0.160. The van der Waals surface area contributed by atoms with Crippen LogP contribution in [0.2, 0.25) is 0 Å². The third kappa shape index (κ3) is 2.99. The summed E-state index contributed by atoms with van der Waals surface area (Å²) < 4.78 is 2.87. The van der Waals surface area contributed by atoms with Crippen LogP contribution in [0, 0.1) is 0 Å². The fraction of sp³-hybridized carbons (Fsp3) is 1.00. The van der Waals surface area contributed by atoms with E-state index in [-0.39, 0.29) is 5.91 Å². The Labute approximate surface area is 181 Å². The number of rotatable bonds is 8. The van der Waals surface area contributed by atoms with Gasteiger partial charge in [-0.25, -0.2) is 8.97 Å². The van der Waals surface area contributed by atoms with Crippen LogP contribution in [0.15, 0.2) is 0 Å². The minimum absolute atomic E-state index is 0.263. The molecule has 0 radical (unpaired) electrons. The van der Waals surface area contributed by atoms with Gasteiger partial charge >= 0.3 is 5.91 Å². The number of quaternary nitrogens is 2. The topological polar surface area (TPSA) is 6.48 Å². The van der Waals surface area contributed by atoms with E-state index in [4.69, 9.17) is 0 Å². The van der Waals surface area contributed by atoms with Crippen molar-refractivity contribution in [2.45, 2.75) is 110 Å². The molecule has 3 spiro atoms. The molecule has 4 aliphatic heterocycles. The molecule has 0 aromatic heterocycles. The van der Waals surface area contributed by atoms with Crippen LogP contribution >= 0.6 is 0 Å². The molecule has 0 aromatic rings. The van der Waals surface area contributed by atoms with Gasteiger partial charge in [0.1, 0.15) is 12.6 Å². The molecular weight excluding hydrogens is 356 g/mol. The van der Waals surface area contributed by atoms with Crippen LogP contribution in [0.4, 0.5) is 0 Å². The smallest absolute Gasteiger partial charge is 0.241 e. The first-order chi connectivity index (χ1) is 14.2. The number of hydrogen-bond donors (Lipinski definition) is 0. The first kappa shape index (κ1) is 22.0. The Bertz CT molecular complexity index is 537. The molecule has 4 saturated heterocycles. The lowest BCUT2D eigenvalue weighted by Gasteiger charge is -2.57. The summed E-state index contributed by atoms with van der Waals surface area (Å²) in [7, 11) is 0. The van der Waals surface area contributed by atoms with E-state index < -0.39 is 0 Å². The van der Waals surface area contributed by atoms with Gasteiger partial charge in [0.25, 0.3) is 0 Å². The molecule has 168 valence electrons. The zero-order chi connectivity index (χ0) is 20.5. The molecule has 0 aromatic carbocycles. The highest BCUT2D eigenvalue weighted by Gasteiger charge is 2.81. The summed E-state index contributed by atoms with van der Waals surface area (Å²) in [5.74, 6) is 0.263. The van der Waals surface area contributed by atoms with Gasteiger partial charge in [0.05, 0.1) is 38.8 Å². The lowest BCUT2D eigenvalue weighted by molar-refractivity contribution is -1.17. The second-order valence-electron chi connectivity index (χ2n) is 10.8. The van der Waals surface area contributed by atoms with Gasteiger partial charge in [-0.15, -0.1) is 0 Å². The van der Waals surface area contributed by atoms with Gasteiger partial charge in [-0.05, 0) is 19.3 Å². The Balaban J connectivity index is 1.91. The maximum Gasteiger partial charge on any atom is 0.357 e. The van der Waals surface area contributed by atoms with E-state index in [0.29, 0.717) is 0 Å². The molecule has 0 bridgehead atoms. The first-order valence-corrected chi connectivity index (χ1v) is 13.4. The van der Waals surface area contributed by atoms with E-state index in [0.717, 1.165) is 12.1 Å². The van der Waals surface area contributed by atoms with Crippen molar-refractivity contribution in [1.82, 2.24) is 9.80 Å². The third-order valence-electron chi connectivity index (χ3n) is 9.16. The van der Waals surface area contributed by atoms with Crippen molar-refractivity contribution in [3.05, 3.63) is 0 Å². The van der Waals surface area contributed by atoms with E-state index in [1.807, 2.05) is 0 Å². The molecule has 0 saturated carbocycles. The van der Waals surface area contributed by atoms with Crippen molar-refractivity contribution in [3.63, 3.8) is 0 Å². The molecule has 3 atom stereocenters. The summed E-state index contributed by atoms with van der Waals surface area (Å²) in [5.41, 5.74) is 0. The van der Waals surface area contributed by atoms with Crippen molar-refractivity contribution in [1.29, 1.82) is 0 Å². The highest BCUT2D eigenvalue weighted by molar-refractivity contribution is 4.97. The highest BCUT2D eigenvalue weighted by Crippen LogP contribution is 2.57. The maximum absolute atomic E-state index is 3.15. The normalized spacial score (nSPS) is 36.4. The molecule has 4 aliphatic rings. The minimum Gasteiger partial charge on any atom is -0.241 e. The quantitative estimate of drug-likeness (QED) is 0.543. The molecule has 4 rings (SSSR count). The summed E-state index contributed by atoms with van der Waals surface area (Å²) in [6.45, 7) is 20.9. The van der Waals surface area contributed by atoms with Crippen molar-refractivity contribution < 1.29 is 8.97 Å². The van der Waals surface area contributed by atoms with Gasteiger partial charge in [0.15, 0.2) is 0 Å². The van der Waals surface area contributed by atoms with Crippen LogP contribution in [0.1, 0.15) is 91.9 Å². The van der Waals surface area contributed by atoms with Gasteiger partial charge in [0, 0.05) is 45.2 Å². The first-order valence-electron chi connectivity index (χ1n) is 13.4. The summed E-state index contributed by atoms with van der Waals surface area (Å²) in [6, 6.07) is 1.66. The summed E-state index contributed by atoms with van der Waals surface area (Å²) >= 11 is 0. The molecule has 4 fully saturated rings. The maximum atomic E-state index is 3.15. The van der Waals surface area contributed by atoms with E-state index in [1.54, 1.807) is 0 Å². The lowest BCUT2D eigenvalue weighted by Crippen LogP contribution is -2.83. The minimum atomic E-state index is 0.263. The van der Waals surface area contributed by atoms with Crippen molar-refractivity contribution >= 4 is 0 Å². The van der Waals surface area contributed by atoms with Crippen LogP contribution in [-0.2, 0) is 0 Å².